The number of hydrogen-bond acceptors (Lipinski definition) is 9. The van der Waals surface area contributed by atoms with Crippen molar-refractivity contribution in [1.29, 1.82) is 0 Å². The molecule has 3 saturated heterocycles. The smallest absolute Gasteiger partial charge is 0.409 e. The number of carbonyl (C=O) groups is 4. The zero-order valence-electron chi connectivity index (χ0n) is 22.5. The van der Waals surface area contributed by atoms with Crippen LogP contribution in [0, 0.1) is 11.7 Å². The Morgan fingerprint density at radius 1 is 1.12 bits per heavy atom. The van der Waals surface area contributed by atoms with Crippen LogP contribution >= 0.6 is 11.8 Å². The Morgan fingerprint density at radius 2 is 1.81 bits per heavy atom. The standard InChI is InChI=1S/C27H29FN4O9S/c1-12(33)20-23(35)32-21(26(38)39)19(42-24(20)32)11-41-27(40)30-6-4-29(5-7-30)18-9-17-14(8-16(18)28)22(34)15(25(36)37)10-31(17)13-2-3-13/h8-10,12-13,19-21,24,33H,2-7,11H2,1H3,(H,36,37)(H,38,39)/t12-,19?,20+,21+,24?/m1/s1. The lowest BCUT2D eigenvalue weighted by molar-refractivity contribution is -0.167. The molecular weight excluding hydrogens is 575 g/mol. The number of halogens is 1. The zero-order valence-corrected chi connectivity index (χ0v) is 23.3. The molecule has 2 unspecified atom stereocenters. The van der Waals surface area contributed by atoms with Gasteiger partial charge in [0, 0.05) is 43.8 Å². The number of hydrogen-bond donors (Lipinski definition) is 3. The number of aliphatic hydroxyl groups is 1. The molecule has 4 heterocycles. The number of aliphatic carboxylic acids is 1. The molecule has 4 aliphatic rings. The van der Waals surface area contributed by atoms with Crippen molar-refractivity contribution < 1.29 is 43.6 Å². The molecule has 13 nitrogen and oxygen atoms in total. The lowest BCUT2D eigenvalue weighted by atomic mass is 9.90. The Hall–Kier alpha value is -3.85. The van der Waals surface area contributed by atoms with Gasteiger partial charge in [-0.25, -0.2) is 18.8 Å². The maximum absolute atomic E-state index is 15.3. The molecule has 6 rings (SSSR count). The Kier molecular flexibility index (Phi) is 7.04. The van der Waals surface area contributed by atoms with Gasteiger partial charge in [0.05, 0.1) is 33.8 Å². The van der Waals surface area contributed by atoms with Gasteiger partial charge in [0.25, 0.3) is 0 Å². The second-order valence-corrected chi connectivity index (χ2v) is 12.4. The molecule has 42 heavy (non-hydrogen) atoms. The number of thioether (sulfide) groups is 1. The zero-order chi connectivity index (χ0) is 30.0. The first-order valence-electron chi connectivity index (χ1n) is 13.6. The fourth-order valence-corrected chi connectivity index (χ4v) is 7.80. The highest BCUT2D eigenvalue weighted by Gasteiger charge is 2.62. The number of aromatic carboxylic acids is 1. The van der Waals surface area contributed by atoms with Crippen LogP contribution in [-0.2, 0) is 14.3 Å². The van der Waals surface area contributed by atoms with Crippen LogP contribution in [-0.4, -0.2) is 109 Å². The van der Waals surface area contributed by atoms with E-state index in [0.717, 1.165) is 18.9 Å². The van der Waals surface area contributed by atoms with Crippen molar-refractivity contribution in [3.8, 4) is 0 Å². The minimum Gasteiger partial charge on any atom is -0.480 e. The first-order valence-corrected chi connectivity index (χ1v) is 14.6. The predicted octanol–water partition coefficient (Wildman–Crippen LogP) is 1.17. The van der Waals surface area contributed by atoms with E-state index in [2.05, 4.69) is 0 Å². The molecule has 1 aliphatic carbocycles. The van der Waals surface area contributed by atoms with Crippen LogP contribution in [0.3, 0.4) is 0 Å². The summed E-state index contributed by atoms with van der Waals surface area (Å²) in [6.45, 7) is 2.16. The maximum Gasteiger partial charge on any atom is 0.409 e. The van der Waals surface area contributed by atoms with Gasteiger partial charge in [0.1, 0.15) is 24.0 Å². The van der Waals surface area contributed by atoms with Gasteiger partial charge >= 0.3 is 18.0 Å². The second-order valence-electron chi connectivity index (χ2n) is 11.0. The molecule has 1 aromatic carbocycles. The number of amides is 2. The SMILES string of the molecule is C[C@@H](O)[C@H]1C(=O)N2C1SC(COC(=O)N1CCN(c3cc4c(cc3F)c(=O)c(C(=O)O)cn4C3CC3)CC1)[C@H]2C(=O)O. The Balaban J connectivity index is 1.12. The molecule has 0 spiro atoms. The van der Waals surface area contributed by atoms with Gasteiger partial charge < -0.3 is 39.3 Å². The van der Waals surface area contributed by atoms with Gasteiger partial charge in [-0.1, -0.05) is 0 Å². The largest absolute Gasteiger partial charge is 0.480 e. The second kappa shape index (κ2) is 10.5. The number of aromatic nitrogens is 1. The number of fused-ring (bicyclic) bond motifs is 2. The van der Waals surface area contributed by atoms with Crippen LogP contribution in [0.4, 0.5) is 14.9 Å². The molecule has 4 fully saturated rings. The van der Waals surface area contributed by atoms with Gasteiger partial charge in [-0.2, -0.15) is 0 Å². The summed E-state index contributed by atoms with van der Waals surface area (Å²) in [7, 11) is 0. The fraction of sp³-hybridized carbons (Fsp3) is 0.519. The lowest BCUT2D eigenvalue weighted by Gasteiger charge is -2.44. The van der Waals surface area contributed by atoms with Gasteiger partial charge in [-0.05, 0) is 31.9 Å². The number of benzene rings is 1. The highest BCUT2D eigenvalue weighted by atomic mass is 32.2. The van der Waals surface area contributed by atoms with Crippen LogP contribution < -0.4 is 10.3 Å². The predicted molar refractivity (Wildman–Crippen MR) is 147 cm³/mol. The average molecular weight is 605 g/mol. The van der Waals surface area contributed by atoms with Crippen LogP contribution in [0.25, 0.3) is 10.9 Å². The summed E-state index contributed by atoms with van der Waals surface area (Å²) in [6.07, 6.45) is 1.39. The molecule has 3 aliphatic heterocycles. The first kappa shape index (κ1) is 28.3. The Labute approximate surface area is 242 Å². The van der Waals surface area contributed by atoms with Crippen LogP contribution in [0.5, 0.6) is 0 Å². The average Bonchev–Trinajstić information content (AvgIpc) is 3.73. The normalized spacial score (nSPS) is 26.2. The van der Waals surface area contributed by atoms with Gasteiger partial charge in [0.2, 0.25) is 11.3 Å². The molecule has 3 N–H and O–H groups in total. The van der Waals surface area contributed by atoms with E-state index in [9.17, 15) is 39.3 Å². The molecule has 5 atom stereocenters. The number of anilines is 1. The quantitative estimate of drug-likeness (QED) is 0.388. The number of piperazine rings is 1. The third-order valence-corrected chi connectivity index (χ3v) is 9.92. The summed E-state index contributed by atoms with van der Waals surface area (Å²) in [6, 6.07) is 1.51. The van der Waals surface area contributed by atoms with Gasteiger partial charge in [-0.15, -0.1) is 11.8 Å². The van der Waals surface area contributed by atoms with Crippen molar-refractivity contribution in [3.05, 3.63) is 39.9 Å². The fourth-order valence-electron chi connectivity index (χ4n) is 6.02. The van der Waals surface area contributed by atoms with Crippen molar-refractivity contribution in [2.45, 2.75) is 48.6 Å². The van der Waals surface area contributed by atoms with E-state index in [4.69, 9.17) is 4.74 Å². The summed E-state index contributed by atoms with van der Waals surface area (Å²) in [4.78, 5) is 65.8. The molecule has 2 aromatic rings. The van der Waals surface area contributed by atoms with E-state index in [1.54, 1.807) is 15.5 Å². The summed E-state index contributed by atoms with van der Waals surface area (Å²) in [5, 5.41) is 27.8. The number of ether oxygens (including phenoxy) is 1. The van der Waals surface area contributed by atoms with E-state index in [1.165, 1.54) is 34.7 Å². The maximum atomic E-state index is 15.3. The highest BCUT2D eigenvalue weighted by molar-refractivity contribution is 8.01. The van der Waals surface area contributed by atoms with Crippen molar-refractivity contribution in [1.82, 2.24) is 14.4 Å². The van der Waals surface area contributed by atoms with Crippen molar-refractivity contribution in [3.63, 3.8) is 0 Å². The van der Waals surface area contributed by atoms with E-state index >= 15 is 4.39 Å². The summed E-state index contributed by atoms with van der Waals surface area (Å²) in [5.74, 6) is -4.37. The van der Waals surface area contributed by atoms with E-state index in [0.29, 0.717) is 5.52 Å². The minimum absolute atomic E-state index is 0.000872. The molecule has 0 radical (unpaired) electrons. The highest BCUT2D eigenvalue weighted by Crippen LogP contribution is 2.49. The van der Waals surface area contributed by atoms with Crippen molar-refractivity contribution in [2.24, 2.45) is 5.92 Å². The Bertz CT molecular complexity index is 1550. The van der Waals surface area contributed by atoms with E-state index < -0.39 is 69.4 Å². The number of β-lactam (4-membered cyclic amide) rings is 1. The summed E-state index contributed by atoms with van der Waals surface area (Å²) in [5.41, 5.74) is -0.457. The molecule has 1 saturated carbocycles. The van der Waals surface area contributed by atoms with Crippen LogP contribution in [0.1, 0.15) is 36.2 Å². The molecule has 1 aromatic heterocycles. The van der Waals surface area contributed by atoms with Gasteiger partial charge in [0.15, 0.2) is 0 Å². The third kappa shape index (κ3) is 4.64. The topological polar surface area (TPSA) is 170 Å². The van der Waals surface area contributed by atoms with Crippen molar-refractivity contribution >= 4 is 52.3 Å². The minimum atomic E-state index is -1.36. The first-order chi connectivity index (χ1) is 20.0. The molecule has 2 amide bonds. The van der Waals surface area contributed by atoms with Crippen molar-refractivity contribution in [2.75, 3.05) is 37.7 Å². The Morgan fingerprint density at radius 3 is 2.40 bits per heavy atom. The number of aliphatic hydroxyl groups excluding tert-OH is 1. The van der Waals surface area contributed by atoms with E-state index in [1.807, 2.05) is 0 Å². The number of carboxylic acid groups (broad SMARTS) is 2. The molecular formula is C27H29FN4O9S. The number of rotatable bonds is 7. The van der Waals surface area contributed by atoms with Gasteiger partial charge in [-0.3, -0.25) is 9.59 Å². The number of pyridine rings is 1. The number of carboxylic acids is 2. The summed E-state index contributed by atoms with van der Waals surface area (Å²) < 4.78 is 22.4. The number of carbonyl (C=O) groups excluding carboxylic acids is 2. The lowest BCUT2D eigenvalue weighted by Crippen LogP contribution is -2.64. The molecule has 15 heteroatoms. The number of nitrogens with zero attached hydrogens (tertiary/aromatic N) is 4. The summed E-state index contributed by atoms with van der Waals surface area (Å²) >= 11 is 1.20. The van der Waals surface area contributed by atoms with Crippen LogP contribution in [0.2, 0.25) is 0 Å². The molecule has 0 bridgehead atoms. The van der Waals surface area contributed by atoms with Crippen LogP contribution in [0.15, 0.2) is 23.1 Å². The van der Waals surface area contributed by atoms with E-state index in [-0.39, 0.29) is 49.9 Å². The monoisotopic (exact) mass is 604 g/mol. The third-order valence-electron chi connectivity index (χ3n) is 8.38. The molecule has 224 valence electrons.